The molecule has 0 aliphatic carbocycles. The summed E-state index contributed by atoms with van der Waals surface area (Å²) in [7, 11) is 0. The second kappa shape index (κ2) is 6.32. The van der Waals surface area contributed by atoms with E-state index in [-0.39, 0.29) is 0 Å². The molecule has 1 saturated heterocycles. The van der Waals surface area contributed by atoms with Crippen molar-refractivity contribution in [1.29, 1.82) is 0 Å². The van der Waals surface area contributed by atoms with Gasteiger partial charge >= 0.3 is 0 Å². The van der Waals surface area contributed by atoms with Crippen molar-refractivity contribution < 1.29 is 9.47 Å². The third-order valence-corrected chi connectivity index (χ3v) is 3.36. The monoisotopic (exact) mass is 249 g/mol. The fourth-order valence-electron chi connectivity index (χ4n) is 2.64. The van der Waals surface area contributed by atoms with Gasteiger partial charge in [0.1, 0.15) is 0 Å². The molecular weight excluding hydrogens is 226 g/mol. The second-order valence-electron chi connectivity index (χ2n) is 4.59. The highest BCUT2D eigenvalue weighted by atomic mass is 16.7. The van der Waals surface area contributed by atoms with Crippen molar-refractivity contribution in [3.05, 3.63) is 35.9 Å². The highest BCUT2D eigenvalue weighted by Crippen LogP contribution is 2.33. The van der Waals surface area contributed by atoms with E-state index in [0.29, 0.717) is 13.2 Å². The van der Waals surface area contributed by atoms with Crippen molar-refractivity contribution in [3.63, 3.8) is 0 Å². The smallest absolute Gasteiger partial charge is 0.230 e. The van der Waals surface area contributed by atoms with Crippen LogP contribution in [0.15, 0.2) is 30.3 Å². The number of rotatable bonds is 6. The molecule has 1 aliphatic rings. The van der Waals surface area contributed by atoms with Crippen LogP contribution in [-0.4, -0.2) is 30.6 Å². The molecule has 1 aliphatic heterocycles. The first-order valence-electron chi connectivity index (χ1n) is 6.87. The lowest BCUT2D eigenvalue weighted by molar-refractivity contribution is -0.302. The molecule has 0 N–H and O–H groups in total. The summed E-state index contributed by atoms with van der Waals surface area (Å²) in [6.45, 7) is 7.35. The molecule has 0 bridgehead atoms. The number of ether oxygens (including phenoxy) is 2. The lowest BCUT2D eigenvalue weighted by Gasteiger charge is -2.37. The summed E-state index contributed by atoms with van der Waals surface area (Å²) in [6.07, 6.45) is 2.09. The van der Waals surface area contributed by atoms with Crippen LogP contribution in [0.1, 0.15) is 32.3 Å². The maximum absolute atomic E-state index is 5.92. The van der Waals surface area contributed by atoms with Crippen LogP contribution < -0.4 is 0 Å². The van der Waals surface area contributed by atoms with Crippen LogP contribution >= 0.6 is 0 Å². The number of nitrogens with zero attached hydrogens (tertiary/aromatic N) is 1. The molecule has 1 aromatic carbocycles. The van der Waals surface area contributed by atoms with E-state index in [9.17, 15) is 0 Å². The van der Waals surface area contributed by atoms with E-state index >= 15 is 0 Å². The van der Waals surface area contributed by atoms with Crippen LogP contribution in [0.5, 0.6) is 0 Å². The molecule has 1 fully saturated rings. The van der Waals surface area contributed by atoms with E-state index in [4.69, 9.17) is 9.47 Å². The predicted molar refractivity (Wildman–Crippen MR) is 72.1 cm³/mol. The maximum atomic E-state index is 5.92. The Labute approximate surface area is 110 Å². The zero-order chi connectivity index (χ0) is 12.8. The predicted octanol–water partition coefficient (Wildman–Crippen LogP) is 3.01. The lowest BCUT2D eigenvalue weighted by atomic mass is 10.2. The van der Waals surface area contributed by atoms with Gasteiger partial charge in [0.15, 0.2) is 0 Å². The van der Waals surface area contributed by atoms with Crippen molar-refractivity contribution in [2.45, 2.75) is 39.1 Å². The average molecular weight is 249 g/mol. The summed E-state index contributed by atoms with van der Waals surface area (Å²) in [5.41, 5.74) is 1.31. The molecule has 100 valence electrons. The number of hydrogen-bond donors (Lipinski definition) is 0. The number of benzene rings is 1. The standard InChI is InChI=1S/C15H23NO2/c1-3-17-15(18-4-2)11-8-12-16(15)13-14-9-6-5-7-10-14/h5-7,9-10H,3-4,8,11-13H2,1-2H3. The van der Waals surface area contributed by atoms with Crippen LogP contribution in [0.3, 0.4) is 0 Å². The summed E-state index contributed by atoms with van der Waals surface area (Å²) in [5, 5.41) is 0. The van der Waals surface area contributed by atoms with Gasteiger partial charge in [-0.05, 0) is 25.8 Å². The van der Waals surface area contributed by atoms with Gasteiger partial charge in [-0.1, -0.05) is 30.3 Å². The van der Waals surface area contributed by atoms with Crippen LogP contribution in [0, 0.1) is 0 Å². The average Bonchev–Trinajstić information content (AvgIpc) is 2.75. The number of hydrogen-bond acceptors (Lipinski definition) is 3. The Morgan fingerprint density at radius 1 is 1.11 bits per heavy atom. The Kier molecular flexibility index (Phi) is 4.75. The van der Waals surface area contributed by atoms with E-state index in [1.54, 1.807) is 0 Å². The first kappa shape index (κ1) is 13.5. The fraction of sp³-hybridized carbons (Fsp3) is 0.600. The van der Waals surface area contributed by atoms with Gasteiger partial charge in [-0.15, -0.1) is 0 Å². The van der Waals surface area contributed by atoms with Crippen LogP contribution in [0.2, 0.25) is 0 Å². The lowest BCUT2D eigenvalue weighted by Crippen LogP contribution is -2.48. The Hall–Kier alpha value is -0.900. The van der Waals surface area contributed by atoms with Crippen molar-refractivity contribution in [3.8, 4) is 0 Å². The molecule has 3 heteroatoms. The Morgan fingerprint density at radius 3 is 2.39 bits per heavy atom. The van der Waals surface area contributed by atoms with Crippen LogP contribution in [-0.2, 0) is 16.0 Å². The van der Waals surface area contributed by atoms with Gasteiger partial charge in [-0.3, -0.25) is 0 Å². The molecule has 2 rings (SSSR count). The van der Waals surface area contributed by atoms with Gasteiger partial charge in [-0.2, -0.15) is 0 Å². The SMILES string of the molecule is CCOC1(OCC)CCCN1Cc1ccccc1. The van der Waals surface area contributed by atoms with E-state index < -0.39 is 5.91 Å². The molecule has 0 radical (unpaired) electrons. The zero-order valence-corrected chi connectivity index (χ0v) is 11.4. The summed E-state index contributed by atoms with van der Waals surface area (Å²) < 4.78 is 11.8. The third-order valence-electron chi connectivity index (χ3n) is 3.36. The molecule has 3 nitrogen and oxygen atoms in total. The first-order valence-corrected chi connectivity index (χ1v) is 6.87. The van der Waals surface area contributed by atoms with Crippen molar-refractivity contribution in [2.75, 3.05) is 19.8 Å². The van der Waals surface area contributed by atoms with E-state index in [1.165, 1.54) is 5.56 Å². The minimum Gasteiger partial charge on any atom is -0.338 e. The quantitative estimate of drug-likeness (QED) is 0.723. The molecule has 1 aromatic rings. The third kappa shape index (κ3) is 2.91. The molecule has 0 unspecified atom stereocenters. The summed E-state index contributed by atoms with van der Waals surface area (Å²) >= 11 is 0. The second-order valence-corrected chi connectivity index (χ2v) is 4.59. The highest BCUT2D eigenvalue weighted by Gasteiger charge is 2.42. The largest absolute Gasteiger partial charge is 0.338 e. The molecule has 0 aromatic heterocycles. The first-order chi connectivity index (χ1) is 8.80. The van der Waals surface area contributed by atoms with E-state index in [2.05, 4.69) is 29.2 Å². The summed E-state index contributed by atoms with van der Waals surface area (Å²) in [4.78, 5) is 2.31. The van der Waals surface area contributed by atoms with Crippen molar-refractivity contribution in [1.82, 2.24) is 4.90 Å². The molecule has 0 saturated carbocycles. The van der Waals surface area contributed by atoms with Crippen molar-refractivity contribution >= 4 is 0 Å². The Balaban J connectivity index is 2.09. The van der Waals surface area contributed by atoms with E-state index in [0.717, 1.165) is 25.9 Å². The summed E-state index contributed by atoms with van der Waals surface area (Å²) in [6, 6.07) is 10.5. The highest BCUT2D eigenvalue weighted by molar-refractivity contribution is 5.14. The molecule has 18 heavy (non-hydrogen) atoms. The van der Waals surface area contributed by atoms with Crippen LogP contribution in [0.4, 0.5) is 0 Å². The van der Waals surface area contributed by atoms with Gasteiger partial charge in [-0.25, -0.2) is 4.90 Å². The van der Waals surface area contributed by atoms with Gasteiger partial charge in [0.05, 0.1) is 0 Å². The molecule has 0 spiro atoms. The topological polar surface area (TPSA) is 21.7 Å². The molecule has 0 amide bonds. The molecular formula is C15H23NO2. The van der Waals surface area contributed by atoms with Crippen LogP contribution in [0.25, 0.3) is 0 Å². The Morgan fingerprint density at radius 2 is 1.78 bits per heavy atom. The van der Waals surface area contributed by atoms with Crippen molar-refractivity contribution in [2.24, 2.45) is 0 Å². The summed E-state index contributed by atoms with van der Waals surface area (Å²) in [5.74, 6) is -0.501. The normalized spacial score (nSPS) is 19.2. The van der Waals surface area contributed by atoms with Gasteiger partial charge in [0, 0.05) is 32.7 Å². The zero-order valence-electron chi connectivity index (χ0n) is 11.4. The molecule has 1 heterocycles. The van der Waals surface area contributed by atoms with Gasteiger partial charge in [0.2, 0.25) is 5.91 Å². The maximum Gasteiger partial charge on any atom is 0.230 e. The minimum atomic E-state index is -0.501. The Bertz CT molecular complexity index is 347. The molecule has 0 atom stereocenters. The minimum absolute atomic E-state index is 0.501. The van der Waals surface area contributed by atoms with Gasteiger partial charge < -0.3 is 9.47 Å². The van der Waals surface area contributed by atoms with E-state index in [1.807, 2.05) is 19.9 Å². The fourth-order valence-corrected chi connectivity index (χ4v) is 2.64. The number of likely N-dealkylation sites (tertiary alicyclic amines) is 1. The van der Waals surface area contributed by atoms with Gasteiger partial charge in [0.25, 0.3) is 0 Å².